The highest BCUT2D eigenvalue weighted by atomic mass is 32.1. The molecule has 1 amide bonds. The van der Waals surface area contributed by atoms with E-state index in [1.54, 1.807) is 0 Å². The number of carbonyl (C=O) groups is 2. The summed E-state index contributed by atoms with van der Waals surface area (Å²) in [5.74, 6) is -1.19. The molecule has 2 saturated carbocycles. The number of carbonyl (C=O) groups excluding carboxylic acids is 1. The molecule has 3 rings (SSSR count). The molecule has 0 atom stereocenters. The van der Waals surface area contributed by atoms with E-state index >= 15 is 0 Å². The number of nitrogens with zero attached hydrogens (tertiary/aromatic N) is 2. The predicted molar refractivity (Wildman–Crippen MR) is 83.3 cm³/mol. The first-order valence-corrected chi connectivity index (χ1v) is 8.89. The molecule has 0 aliphatic heterocycles. The summed E-state index contributed by atoms with van der Waals surface area (Å²) in [7, 11) is 0. The largest absolute Gasteiger partial charge is 0.480 e. The van der Waals surface area contributed by atoms with Crippen LogP contribution >= 0.6 is 11.3 Å². The number of alkyl halides is 3. The van der Waals surface area contributed by atoms with Crippen LogP contribution in [0.25, 0.3) is 0 Å². The molecule has 2 fully saturated rings. The summed E-state index contributed by atoms with van der Waals surface area (Å²) >= 11 is 0.393. The molecule has 6 nitrogen and oxygen atoms in total. The van der Waals surface area contributed by atoms with Gasteiger partial charge in [-0.2, -0.15) is 13.2 Å². The molecule has 2 N–H and O–H groups in total. The van der Waals surface area contributed by atoms with E-state index < -0.39 is 28.6 Å². The quantitative estimate of drug-likeness (QED) is 0.761. The maximum absolute atomic E-state index is 12.8. The van der Waals surface area contributed by atoms with Gasteiger partial charge in [0.15, 0.2) is 5.69 Å². The monoisotopic (exact) mass is 377 g/mol. The van der Waals surface area contributed by atoms with Gasteiger partial charge >= 0.3 is 12.1 Å². The fraction of sp³-hybridized carbons (Fsp3) is 0.667. The van der Waals surface area contributed by atoms with Crippen LogP contribution in [0.1, 0.15) is 41.0 Å². The molecular formula is C15H18F3N3O3S. The average Bonchev–Trinajstić information content (AvgIpc) is 3.11. The van der Waals surface area contributed by atoms with Crippen molar-refractivity contribution in [3.63, 3.8) is 0 Å². The summed E-state index contributed by atoms with van der Waals surface area (Å²) in [5.41, 5.74) is 0.410. The van der Waals surface area contributed by atoms with Gasteiger partial charge in [-0.05, 0) is 31.6 Å². The van der Waals surface area contributed by atoms with Gasteiger partial charge in [0.2, 0.25) is 0 Å². The van der Waals surface area contributed by atoms with Gasteiger partial charge in [-0.1, -0.05) is 0 Å². The van der Waals surface area contributed by atoms with E-state index in [2.05, 4.69) is 10.3 Å². The molecule has 0 bridgehead atoms. The molecule has 2 aliphatic rings. The second-order valence-corrected chi connectivity index (χ2v) is 7.44. The first-order chi connectivity index (χ1) is 11.7. The van der Waals surface area contributed by atoms with Gasteiger partial charge in [-0.25, -0.2) is 4.98 Å². The van der Waals surface area contributed by atoms with Crippen LogP contribution in [0.2, 0.25) is 0 Å². The van der Waals surface area contributed by atoms with Crippen molar-refractivity contribution >= 4 is 23.2 Å². The maximum Gasteiger partial charge on any atom is 0.427 e. The van der Waals surface area contributed by atoms with E-state index in [4.69, 9.17) is 5.11 Å². The Morgan fingerprint density at radius 3 is 2.60 bits per heavy atom. The van der Waals surface area contributed by atoms with Crippen LogP contribution in [0, 0.1) is 5.92 Å². The summed E-state index contributed by atoms with van der Waals surface area (Å²) < 4.78 is 38.5. The van der Waals surface area contributed by atoms with E-state index in [1.165, 1.54) is 0 Å². The molecule has 2 aliphatic carbocycles. The topological polar surface area (TPSA) is 82.5 Å². The van der Waals surface area contributed by atoms with E-state index in [-0.39, 0.29) is 18.6 Å². The van der Waals surface area contributed by atoms with Crippen LogP contribution in [0.5, 0.6) is 0 Å². The van der Waals surface area contributed by atoms with E-state index in [1.807, 2.05) is 4.90 Å². The van der Waals surface area contributed by atoms with Gasteiger partial charge in [0.25, 0.3) is 5.91 Å². The van der Waals surface area contributed by atoms with Crippen molar-refractivity contribution < 1.29 is 27.9 Å². The van der Waals surface area contributed by atoms with Gasteiger partial charge in [0.05, 0.1) is 12.1 Å². The lowest BCUT2D eigenvalue weighted by atomic mass is 9.85. The molecule has 0 spiro atoms. The Kier molecular flexibility index (Phi) is 5.01. The number of rotatable bonds is 7. The highest BCUT2D eigenvalue weighted by molar-refractivity contribution is 7.10. The number of amides is 1. The van der Waals surface area contributed by atoms with Crippen molar-refractivity contribution in [2.45, 2.75) is 43.9 Å². The minimum absolute atomic E-state index is 0.0412. The maximum atomic E-state index is 12.8. The van der Waals surface area contributed by atoms with Crippen molar-refractivity contribution in [2.24, 2.45) is 5.92 Å². The van der Waals surface area contributed by atoms with Crippen LogP contribution in [-0.4, -0.2) is 52.0 Å². The number of aliphatic carboxylic acids is 1. The summed E-state index contributed by atoms with van der Waals surface area (Å²) in [4.78, 5) is 27.5. The number of thiazole rings is 1. The van der Waals surface area contributed by atoms with Gasteiger partial charge in [0.1, 0.15) is 4.88 Å². The fourth-order valence-electron chi connectivity index (χ4n) is 3.02. The third-order valence-corrected chi connectivity index (χ3v) is 5.40. The Balaban J connectivity index is 1.53. The number of halogens is 3. The summed E-state index contributed by atoms with van der Waals surface area (Å²) in [5, 5.41) is 11.6. The van der Waals surface area contributed by atoms with Gasteiger partial charge in [-0.15, -0.1) is 11.3 Å². The van der Waals surface area contributed by atoms with E-state index in [0.717, 1.165) is 24.9 Å². The molecule has 138 valence electrons. The van der Waals surface area contributed by atoms with Crippen LogP contribution in [0.3, 0.4) is 0 Å². The number of hydrogen-bond donors (Lipinski definition) is 2. The lowest BCUT2D eigenvalue weighted by Crippen LogP contribution is -2.55. The molecule has 1 aromatic heterocycles. The number of hydrogen-bond acceptors (Lipinski definition) is 5. The Labute approximate surface area is 146 Å². The SMILES string of the molecule is O=C(O)CN(CC1CC1)C1CC(NC(=O)c2ncsc2C(F)(F)F)C1. The second-order valence-electron chi connectivity index (χ2n) is 6.59. The second kappa shape index (κ2) is 6.91. The standard InChI is InChI=1S/C15H18F3N3O3S/c16-15(17,18)13-12(19-7-25-13)14(24)20-9-3-10(4-9)21(6-11(22)23)5-8-1-2-8/h7-10H,1-6H2,(H,20,24)(H,22,23). The third-order valence-electron chi connectivity index (χ3n) is 4.53. The normalized spacial score (nSPS) is 23.4. The number of nitrogens with one attached hydrogen (secondary N) is 1. The highest BCUT2D eigenvalue weighted by Gasteiger charge is 2.41. The van der Waals surface area contributed by atoms with Crippen molar-refractivity contribution in [3.05, 3.63) is 16.1 Å². The number of carboxylic acids is 1. The van der Waals surface area contributed by atoms with Crippen molar-refractivity contribution in [2.75, 3.05) is 13.1 Å². The van der Waals surface area contributed by atoms with E-state index in [9.17, 15) is 22.8 Å². The summed E-state index contributed by atoms with van der Waals surface area (Å²) in [6.45, 7) is 0.675. The molecule has 0 unspecified atom stereocenters. The first kappa shape index (κ1) is 18.1. The van der Waals surface area contributed by atoms with Crippen LogP contribution < -0.4 is 5.32 Å². The molecule has 0 aromatic carbocycles. The zero-order valence-corrected chi connectivity index (χ0v) is 14.1. The van der Waals surface area contributed by atoms with Crippen LogP contribution in [0.15, 0.2) is 5.51 Å². The molecular weight excluding hydrogens is 359 g/mol. The van der Waals surface area contributed by atoms with Crippen LogP contribution in [0.4, 0.5) is 13.2 Å². The Hall–Kier alpha value is -1.68. The summed E-state index contributed by atoms with van der Waals surface area (Å²) in [6.07, 6.45) is -1.31. The van der Waals surface area contributed by atoms with Gasteiger partial charge in [0, 0.05) is 18.6 Å². The molecule has 10 heteroatoms. The molecule has 0 saturated heterocycles. The fourth-order valence-corrected chi connectivity index (χ4v) is 3.67. The van der Waals surface area contributed by atoms with Gasteiger partial charge < -0.3 is 10.4 Å². The average molecular weight is 377 g/mol. The van der Waals surface area contributed by atoms with Crippen LogP contribution in [-0.2, 0) is 11.0 Å². The lowest BCUT2D eigenvalue weighted by Gasteiger charge is -2.42. The van der Waals surface area contributed by atoms with E-state index in [0.29, 0.717) is 30.1 Å². The zero-order chi connectivity index (χ0) is 18.2. The van der Waals surface area contributed by atoms with Crippen molar-refractivity contribution in [1.29, 1.82) is 0 Å². The number of carboxylic acid groups (broad SMARTS) is 1. The lowest BCUT2D eigenvalue weighted by molar-refractivity contribution is -0.139. The zero-order valence-electron chi connectivity index (χ0n) is 13.3. The first-order valence-electron chi connectivity index (χ1n) is 8.01. The predicted octanol–water partition coefficient (Wildman–Crippen LogP) is 2.22. The van der Waals surface area contributed by atoms with Crippen molar-refractivity contribution in [3.8, 4) is 0 Å². The minimum atomic E-state index is -4.60. The minimum Gasteiger partial charge on any atom is -0.480 e. The molecule has 25 heavy (non-hydrogen) atoms. The van der Waals surface area contributed by atoms with Crippen molar-refractivity contribution in [1.82, 2.24) is 15.2 Å². The smallest absolute Gasteiger partial charge is 0.427 e. The molecule has 1 heterocycles. The molecule has 0 radical (unpaired) electrons. The van der Waals surface area contributed by atoms with Gasteiger partial charge in [-0.3, -0.25) is 14.5 Å². The summed E-state index contributed by atoms with van der Waals surface area (Å²) in [6, 6.07) is -0.213. The number of aromatic nitrogens is 1. The molecule has 1 aromatic rings. The Morgan fingerprint density at radius 2 is 2.04 bits per heavy atom. The highest BCUT2D eigenvalue weighted by Crippen LogP contribution is 2.36. The third kappa shape index (κ3) is 4.49. The Morgan fingerprint density at radius 1 is 1.36 bits per heavy atom. The Bertz CT molecular complexity index is 654.